The molecule has 0 aliphatic carbocycles. The monoisotopic (exact) mass is 409 g/mol. The third kappa shape index (κ3) is 7.27. The molecule has 0 aromatic heterocycles. The summed E-state index contributed by atoms with van der Waals surface area (Å²) in [4.78, 5) is 12.5. The number of benzene rings is 1. The first kappa shape index (κ1) is 24.3. The van der Waals surface area contributed by atoms with Crippen molar-refractivity contribution >= 4 is 34.0 Å². The van der Waals surface area contributed by atoms with Crippen molar-refractivity contribution in [3.8, 4) is 11.5 Å². The minimum atomic E-state index is -3.55. The van der Waals surface area contributed by atoms with E-state index < -0.39 is 10.0 Å². The van der Waals surface area contributed by atoms with Gasteiger partial charge in [-0.15, -0.1) is 12.4 Å². The van der Waals surface area contributed by atoms with Gasteiger partial charge in [0.2, 0.25) is 10.0 Å². The molecular formula is C16H28ClN3O5S. The molecule has 26 heavy (non-hydrogen) atoms. The Bertz CT molecular complexity index is 697. The zero-order valence-electron chi connectivity index (χ0n) is 15.5. The van der Waals surface area contributed by atoms with Crippen molar-refractivity contribution in [1.82, 2.24) is 5.32 Å². The fourth-order valence-corrected chi connectivity index (χ4v) is 2.89. The van der Waals surface area contributed by atoms with Gasteiger partial charge >= 0.3 is 0 Å². The van der Waals surface area contributed by atoms with E-state index in [2.05, 4.69) is 17.0 Å². The summed E-state index contributed by atoms with van der Waals surface area (Å²) in [6, 6.07) is 2.76. The lowest BCUT2D eigenvalue weighted by molar-refractivity contribution is 0.0935. The van der Waals surface area contributed by atoms with E-state index in [0.29, 0.717) is 6.54 Å². The quantitative estimate of drug-likeness (QED) is 0.541. The summed E-state index contributed by atoms with van der Waals surface area (Å²) in [5, 5.41) is 2.86. The molecule has 150 valence electrons. The second-order valence-corrected chi connectivity index (χ2v) is 7.43. The summed E-state index contributed by atoms with van der Waals surface area (Å²) in [6.45, 7) is 2.39. The third-order valence-corrected chi connectivity index (χ3v) is 4.15. The van der Waals surface area contributed by atoms with Gasteiger partial charge in [0.15, 0.2) is 11.5 Å². The minimum absolute atomic E-state index is 0. The number of methoxy groups -OCH3 is 2. The van der Waals surface area contributed by atoms with E-state index in [1.165, 1.54) is 26.4 Å². The maximum atomic E-state index is 12.5. The van der Waals surface area contributed by atoms with Crippen LogP contribution in [0, 0.1) is 0 Å². The Labute approximate surface area is 161 Å². The van der Waals surface area contributed by atoms with E-state index in [1.54, 1.807) is 0 Å². The normalized spacial score (nSPS) is 11.9. The van der Waals surface area contributed by atoms with Crippen LogP contribution in [0.3, 0.4) is 0 Å². The van der Waals surface area contributed by atoms with Crippen molar-refractivity contribution in [2.24, 2.45) is 5.73 Å². The summed E-state index contributed by atoms with van der Waals surface area (Å²) in [5.74, 6) is 0.0917. The van der Waals surface area contributed by atoms with Crippen LogP contribution in [0.1, 0.15) is 36.5 Å². The van der Waals surface area contributed by atoms with Gasteiger partial charge in [0.25, 0.3) is 5.91 Å². The Morgan fingerprint density at radius 1 is 1.27 bits per heavy atom. The SMILES string of the molecule is CCCCC(CN)NC(=O)c1cc(NS(C)(=O)=O)c(OC)c(OC)c1.Cl. The molecule has 0 saturated carbocycles. The first-order chi connectivity index (χ1) is 11.8. The van der Waals surface area contributed by atoms with Gasteiger partial charge < -0.3 is 20.5 Å². The Morgan fingerprint density at radius 2 is 1.92 bits per heavy atom. The molecule has 0 radical (unpaired) electrons. The van der Waals surface area contributed by atoms with Crippen LogP contribution in [-0.2, 0) is 10.0 Å². The number of hydrogen-bond donors (Lipinski definition) is 3. The van der Waals surface area contributed by atoms with Crippen LogP contribution >= 0.6 is 12.4 Å². The Balaban J connectivity index is 0.00000625. The van der Waals surface area contributed by atoms with E-state index in [0.717, 1.165) is 25.5 Å². The van der Waals surface area contributed by atoms with Gasteiger partial charge in [-0.05, 0) is 18.6 Å². The zero-order valence-corrected chi connectivity index (χ0v) is 17.1. The number of nitrogens with one attached hydrogen (secondary N) is 2. The molecule has 1 amide bonds. The fraction of sp³-hybridized carbons (Fsp3) is 0.562. The van der Waals surface area contributed by atoms with Gasteiger partial charge in [0, 0.05) is 18.2 Å². The van der Waals surface area contributed by atoms with Crippen molar-refractivity contribution in [3.63, 3.8) is 0 Å². The maximum Gasteiger partial charge on any atom is 0.251 e. The number of rotatable bonds is 10. The Morgan fingerprint density at radius 3 is 2.38 bits per heavy atom. The largest absolute Gasteiger partial charge is 0.493 e. The smallest absolute Gasteiger partial charge is 0.251 e. The molecule has 10 heteroatoms. The number of hydrogen-bond acceptors (Lipinski definition) is 6. The summed E-state index contributed by atoms with van der Waals surface area (Å²) in [5.41, 5.74) is 6.08. The van der Waals surface area contributed by atoms with Crippen molar-refractivity contribution in [2.75, 3.05) is 31.7 Å². The second kappa shape index (κ2) is 11.1. The van der Waals surface area contributed by atoms with Crippen LogP contribution in [0.15, 0.2) is 12.1 Å². The minimum Gasteiger partial charge on any atom is -0.493 e. The molecule has 1 aromatic carbocycles. The molecule has 0 aliphatic heterocycles. The Hall–Kier alpha value is -1.71. The van der Waals surface area contributed by atoms with Crippen molar-refractivity contribution in [1.29, 1.82) is 0 Å². The number of nitrogens with two attached hydrogens (primary N) is 1. The number of anilines is 1. The highest BCUT2D eigenvalue weighted by molar-refractivity contribution is 7.92. The van der Waals surface area contributed by atoms with Gasteiger partial charge in [-0.3, -0.25) is 9.52 Å². The lowest BCUT2D eigenvalue weighted by atomic mass is 10.1. The average molecular weight is 410 g/mol. The molecular weight excluding hydrogens is 382 g/mol. The predicted octanol–water partition coefficient (Wildman–Crippen LogP) is 1.74. The van der Waals surface area contributed by atoms with Crippen molar-refractivity contribution in [2.45, 2.75) is 32.2 Å². The lowest BCUT2D eigenvalue weighted by Gasteiger charge is -2.19. The van der Waals surface area contributed by atoms with Crippen LogP contribution < -0.4 is 25.2 Å². The molecule has 4 N–H and O–H groups in total. The van der Waals surface area contributed by atoms with Crippen molar-refractivity contribution in [3.05, 3.63) is 17.7 Å². The fourth-order valence-electron chi connectivity index (χ4n) is 2.34. The van der Waals surface area contributed by atoms with Crippen LogP contribution in [0.2, 0.25) is 0 Å². The molecule has 0 saturated heterocycles. The third-order valence-electron chi connectivity index (χ3n) is 3.56. The molecule has 1 atom stereocenters. The first-order valence-corrected chi connectivity index (χ1v) is 9.89. The molecule has 1 rings (SSSR count). The summed E-state index contributed by atoms with van der Waals surface area (Å²) >= 11 is 0. The molecule has 0 bridgehead atoms. The summed E-state index contributed by atoms with van der Waals surface area (Å²) < 4.78 is 35.9. The standard InChI is InChI=1S/C16H27N3O5S.ClH/c1-5-6-7-12(10-17)18-16(20)11-8-13(19-25(4,21)22)15(24-3)14(9-11)23-2;/h8-9,12,19H,5-7,10,17H2,1-4H3,(H,18,20);1H. The van der Waals surface area contributed by atoms with E-state index in [1.807, 2.05) is 0 Å². The van der Waals surface area contributed by atoms with Crippen LogP contribution in [0.5, 0.6) is 11.5 Å². The number of ether oxygens (including phenoxy) is 2. The van der Waals surface area contributed by atoms with E-state index >= 15 is 0 Å². The molecule has 1 aromatic rings. The van der Waals surface area contributed by atoms with Gasteiger partial charge in [-0.25, -0.2) is 8.42 Å². The van der Waals surface area contributed by atoms with Gasteiger partial charge in [-0.1, -0.05) is 19.8 Å². The lowest BCUT2D eigenvalue weighted by Crippen LogP contribution is -2.40. The van der Waals surface area contributed by atoms with Gasteiger partial charge in [-0.2, -0.15) is 0 Å². The molecule has 1 unspecified atom stereocenters. The highest BCUT2D eigenvalue weighted by atomic mass is 35.5. The van der Waals surface area contributed by atoms with Crippen LogP contribution in [0.25, 0.3) is 0 Å². The highest BCUT2D eigenvalue weighted by Gasteiger charge is 2.20. The highest BCUT2D eigenvalue weighted by Crippen LogP contribution is 2.37. The van der Waals surface area contributed by atoms with E-state index in [-0.39, 0.29) is 47.1 Å². The maximum absolute atomic E-state index is 12.5. The summed E-state index contributed by atoms with van der Waals surface area (Å²) in [6.07, 6.45) is 3.75. The molecule has 0 heterocycles. The predicted molar refractivity (Wildman–Crippen MR) is 105 cm³/mol. The number of unbranched alkanes of at least 4 members (excludes halogenated alkanes) is 1. The number of amides is 1. The molecule has 8 nitrogen and oxygen atoms in total. The van der Waals surface area contributed by atoms with Crippen LogP contribution in [0.4, 0.5) is 5.69 Å². The molecule has 0 spiro atoms. The first-order valence-electron chi connectivity index (χ1n) is 8.00. The number of carbonyl (C=O) groups is 1. The molecule has 0 fully saturated rings. The second-order valence-electron chi connectivity index (χ2n) is 5.68. The molecule has 0 aliphatic rings. The summed E-state index contributed by atoms with van der Waals surface area (Å²) in [7, 11) is -0.755. The zero-order chi connectivity index (χ0) is 19.0. The van der Waals surface area contributed by atoms with Crippen LogP contribution in [-0.4, -0.2) is 47.4 Å². The van der Waals surface area contributed by atoms with E-state index in [9.17, 15) is 13.2 Å². The van der Waals surface area contributed by atoms with Gasteiger partial charge in [0.05, 0.1) is 26.2 Å². The Kier molecular flexibility index (Phi) is 10.4. The number of sulfonamides is 1. The van der Waals surface area contributed by atoms with E-state index in [4.69, 9.17) is 15.2 Å². The number of halogens is 1. The topological polar surface area (TPSA) is 120 Å². The van der Waals surface area contributed by atoms with Gasteiger partial charge in [0.1, 0.15) is 0 Å². The average Bonchev–Trinajstić information content (AvgIpc) is 2.55. The number of carbonyl (C=O) groups excluding carboxylic acids is 1. The van der Waals surface area contributed by atoms with Crippen molar-refractivity contribution < 1.29 is 22.7 Å².